The third kappa shape index (κ3) is 3.03. The number of aromatic nitrogens is 1. The van der Waals surface area contributed by atoms with E-state index in [9.17, 15) is 9.90 Å². The number of carbonyl (C=O) groups is 1. The van der Waals surface area contributed by atoms with Crippen molar-refractivity contribution in [2.45, 2.75) is 13.3 Å². The number of aliphatic carboxylic acids is 1. The van der Waals surface area contributed by atoms with Crippen LogP contribution in [-0.4, -0.2) is 11.0 Å². The number of benzene rings is 1. The van der Waals surface area contributed by atoms with Crippen LogP contribution < -0.4 is 5.11 Å². The van der Waals surface area contributed by atoms with Gasteiger partial charge in [0.2, 0.25) is 5.89 Å². The van der Waals surface area contributed by atoms with Crippen molar-refractivity contribution < 1.29 is 14.3 Å². The summed E-state index contributed by atoms with van der Waals surface area (Å²) in [6, 6.07) is 11.3. The fourth-order valence-corrected chi connectivity index (χ4v) is 2.90. The van der Waals surface area contributed by atoms with E-state index in [1.165, 1.54) is 0 Å². The monoisotopic (exact) mass is 298 g/mol. The number of hydrogen-bond donors (Lipinski definition) is 0. The van der Waals surface area contributed by atoms with E-state index >= 15 is 0 Å². The Morgan fingerprint density at radius 2 is 2.14 bits per heavy atom. The van der Waals surface area contributed by atoms with E-state index in [-0.39, 0.29) is 6.42 Å². The van der Waals surface area contributed by atoms with Crippen molar-refractivity contribution in [1.82, 2.24) is 4.98 Å². The van der Waals surface area contributed by atoms with Crippen LogP contribution in [0.1, 0.15) is 22.1 Å². The molecule has 0 aliphatic carbocycles. The maximum absolute atomic E-state index is 11.0. The second-order valence-corrected chi connectivity index (χ2v) is 5.97. The second kappa shape index (κ2) is 5.54. The van der Waals surface area contributed by atoms with Gasteiger partial charge in [0.25, 0.3) is 0 Å². The highest BCUT2D eigenvalue weighted by Crippen LogP contribution is 2.27. The normalized spacial score (nSPS) is 12.0. The number of hydrogen-bond acceptors (Lipinski definition) is 5. The minimum absolute atomic E-state index is 0.232. The quantitative estimate of drug-likeness (QED) is 0.743. The van der Waals surface area contributed by atoms with E-state index in [0.29, 0.717) is 22.6 Å². The molecule has 0 atom stereocenters. The summed E-state index contributed by atoms with van der Waals surface area (Å²) in [5.41, 5.74) is 1.85. The van der Waals surface area contributed by atoms with E-state index < -0.39 is 5.97 Å². The van der Waals surface area contributed by atoms with Crippen molar-refractivity contribution in [3.8, 4) is 0 Å². The van der Waals surface area contributed by atoms with Crippen molar-refractivity contribution >= 4 is 40.1 Å². The molecule has 0 amide bonds. The number of carbonyl (C=O) groups excluding carboxylic acids is 1. The van der Waals surface area contributed by atoms with E-state index in [0.717, 1.165) is 9.75 Å². The summed E-state index contributed by atoms with van der Waals surface area (Å²) in [5, 5.41) is 11.0. The van der Waals surface area contributed by atoms with E-state index in [4.69, 9.17) is 4.42 Å². The molecule has 0 fully saturated rings. The topological polar surface area (TPSA) is 66.2 Å². The molecule has 2 heterocycles. The molecule has 0 unspecified atom stereocenters. The third-order valence-electron chi connectivity index (χ3n) is 2.98. The van der Waals surface area contributed by atoms with Gasteiger partial charge in [-0.2, -0.15) is 0 Å². The van der Waals surface area contributed by atoms with Gasteiger partial charge in [-0.15, -0.1) is 11.3 Å². The molecule has 106 valence electrons. The Balaban J connectivity index is 2.06. The summed E-state index contributed by atoms with van der Waals surface area (Å²) >= 11 is 1.59. The van der Waals surface area contributed by atoms with Gasteiger partial charge < -0.3 is 14.3 Å². The van der Waals surface area contributed by atoms with Crippen molar-refractivity contribution in [3.63, 3.8) is 0 Å². The molecule has 0 saturated heterocycles. The van der Waals surface area contributed by atoms with Crippen LogP contribution in [0.3, 0.4) is 0 Å². The standard InChI is InChI=1S/C16H13NO3S/c1-10-6-7-12(21-10)8-11(9-15(18)19)16-17-13-4-2-3-5-14(13)20-16/h2-8H,9H2,1H3,(H,18,19)/p-1/b11-8+. The van der Waals surface area contributed by atoms with Crippen LogP contribution in [0.15, 0.2) is 40.8 Å². The van der Waals surface area contributed by atoms with Crippen LogP contribution in [0.25, 0.3) is 22.7 Å². The van der Waals surface area contributed by atoms with Crippen LogP contribution in [-0.2, 0) is 4.79 Å². The fourth-order valence-electron chi connectivity index (χ4n) is 2.06. The molecule has 21 heavy (non-hydrogen) atoms. The van der Waals surface area contributed by atoms with Gasteiger partial charge >= 0.3 is 0 Å². The lowest BCUT2D eigenvalue weighted by atomic mass is 10.1. The molecule has 0 bridgehead atoms. The molecule has 0 aliphatic heterocycles. The van der Waals surface area contributed by atoms with Crippen molar-refractivity contribution in [2.24, 2.45) is 0 Å². The Kier molecular flexibility index (Phi) is 3.58. The van der Waals surface area contributed by atoms with Crippen LogP contribution in [0.4, 0.5) is 0 Å². The van der Waals surface area contributed by atoms with Gasteiger partial charge in [-0.3, -0.25) is 0 Å². The van der Waals surface area contributed by atoms with Crippen LogP contribution >= 0.6 is 11.3 Å². The number of carboxylic acids is 1. The number of carboxylic acid groups (broad SMARTS) is 1. The molecule has 0 radical (unpaired) electrons. The lowest BCUT2D eigenvalue weighted by Gasteiger charge is -2.03. The zero-order valence-corrected chi connectivity index (χ0v) is 12.1. The summed E-state index contributed by atoms with van der Waals surface area (Å²) in [5.74, 6) is -0.830. The van der Waals surface area contributed by atoms with Crippen molar-refractivity contribution in [2.75, 3.05) is 0 Å². The summed E-state index contributed by atoms with van der Waals surface area (Å²) in [7, 11) is 0. The Morgan fingerprint density at radius 3 is 2.81 bits per heavy atom. The number of fused-ring (bicyclic) bond motifs is 1. The van der Waals surface area contributed by atoms with Gasteiger partial charge in [0.1, 0.15) is 5.52 Å². The number of oxazole rings is 1. The average Bonchev–Trinajstić information content (AvgIpc) is 3.03. The first-order valence-electron chi connectivity index (χ1n) is 6.44. The van der Waals surface area contributed by atoms with Gasteiger partial charge in [-0.1, -0.05) is 12.1 Å². The summed E-state index contributed by atoms with van der Waals surface area (Å²) in [4.78, 5) is 17.4. The van der Waals surface area contributed by atoms with Crippen LogP contribution in [0.2, 0.25) is 0 Å². The Morgan fingerprint density at radius 1 is 1.33 bits per heavy atom. The zero-order valence-electron chi connectivity index (χ0n) is 11.3. The highest BCUT2D eigenvalue weighted by atomic mass is 32.1. The van der Waals surface area contributed by atoms with E-state index in [1.807, 2.05) is 37.3 Å². The van der Waals surface area contributed by atoms with E-state index in [1.54, 1.807) is 23.5 Å². The molecule has 3 aromatic rings. The molecule has 0 saturated carbocycles. The molecule has 1 aromatic carbocycles. The molecule has 5 heteroatoms. The summed E-state index contributed by atoms with van der Waals surface area (Å²) < 4.78 is 5.64. The fraction of sp³-hybridized carbons (Fsp3) is 0.125. The minimum atomic E-state index is -1.16. The second-order valence-electron chi connectivity index (χ2n) is 4.65. The molecule has 3 rings (SSSR count). The molecular formula is C16H12NO3S-. The zero-order chi connectivity index (χ0) is 14.8. The van der Waals surface area contributed by atoms with Gasteiger partial charge in [0.15, 0.2) is 5.58 Å². The summed E-state index contributed by atoms with van der Waals surface area (Å²) in [6.45, 7) is 2.00. The first-order valence-corrected chi connectivity index (χ1v) is 7.26. The highest BCUT2D eigenvalue weighted by Gasteiger charge is 2.11. The van der Waals surface area contributed by atoms with E-state index in [2.05, 4.69) is 4.98 Å². The van der Waals surface area contributed by atoms with Crippen molar-refractivity contribution in [1.29, 1.82) is 0 Å². The number of thiophene rings is 1. The first-order chi connectivity index (χ1) is 10.1. The predicted octanol–water partition coefficient (Wildman–Crippen LogP) is 2.88. The lowest BCUT2D eigenvalue weighted by Crippen LogP contribution is -2.22. The van der Waals surface area contributed by atoms with Crippen LogP contribution in [0, 0.1) is 6.92 Å². The predicted molar refractivity (Wildman–Crippen MR) is 80.6 cm³/mol. The molecule has 2 aromatic heterocycles. The van der Waals surface area contributed by atoms with Crippen LogP contribution in [0.5, 0.6) is 0 Å². The molecule has 0 aliphatic rings. The van der Waals surface area contributed by atoms with Gasteiger partial charge in [-0.25, -0.2) is 4.98 Å². The molecule has 0 spiro atoms. The Bertz CT molecular complexity index is 796. The van der Waals surface area contributed by atoms with Gasteiger partial charge in [0, 0.05) is 27.7 Å². The SMILES string of the molecule is Cc1ccc(/C=C(\CC(=O)[O-])c2nc3ccccc3o2)s1. The Hall–Kier alpha value is -2.40. The largest absolute Gasteiger partial charge is 0.550 e. The maximum Gasteiger partial charge on any atom is 0.223 e. The highest BCUT2D eigenvalue weighted by molar-refractivity contribution is 7.12. The molecular weight excluding hydrogens is 286 g/mol. The van der Waals surface area contributed by atoms with Gasteiger partial charge in [0.05, 0.1) is 0 Å². The third-order valence-corrected chi connectivity index (χ3v) is 3.93. The number of rotatable bonds is 4. The Labute approximate surface area is 125 Å². The first kappa shape index (κ1) is 13.6. The molecule has 4 nitrogen and oxygen atoms in total. The number of aryl methyl sites for hydroxylation is 1. The minimum Gasteiger partial charge on any atom is -0.550 e. The molecule has 0 N–H and O–H groups in total. The smallest absolute Gasteiger partial charge is 0.223 e. The number of para-hydroxylation sites is 2. The van der Waals surface area contributed by atoms with Crippen molar-refractivity contribution in [3.05, 3.63) is 52.0 Å². The van der Waals surface area contributed by atoms with Gasteiger partial charge in [-0.05, 0) is 37.3 Å². The number of nitrogens with zero attached hydrogens (tertiary/aromatic N) is 1. The maximum atomic E-state index is 11.0. The summed E-state index contributed by atoms with van der Waals surface area (Å²) in [6.07, 6.45) is 1.56. The average molecular weight is 298 g/mol. The lowest BCUT2D eigenvalue weighted by molar-refractivity contribution is -0.304.